The summed E-state index contributed by atoms with van der Waals surface area (Å²) in [6, 6.07) is 14.5. The van der Waals surface area contributed by atoms with Gasteiger partial charge in [-0.25, -0.2) is 0 Å². The molecule has 126 valence electrons. The highest BCUT2D eigenvalue weighted by atomic mass is 35.5. The number of benzene rings is 2. The SMILES string of the molecule is CNCC[C@H](Oc1cccc(C(F)(F)F)c1)c1ccccc1.Cl. The first kappa shape index (κ1) is 19.3. The van der Waals surface area contributed by atoms with Crippen molar-refractivity contribution in [2.75, 3.05) is 13.6 Å². The molecule has 2 aromatic carbocycles. The summed E-state index contributed by atoms with van der Waals surface area (Å²) >= 11 is 0. The van der Waals surface area contributed by atoms with Gasteiger partial charge in [-0.3, -0.25) is 0 Å². The van der Waals surface area contributed by atoms with Gasteiger partial charge >= 0.3 is 6.18 Å². The fourth-order valence-corrected chi connectivity index (χ4v) is 2.15. The monoisotopic (exact) mass is 345 g/mol. The van der Waals surface area contributed by atoms with Gasteiger partial charge in [0.05, 0.1) is 5.56 Å². The maximum absolute atomic E-state index is 12.8. The molecule has 2 aromatic rings. The minimum absolute atomic E-state index is 0. The van der Waals surface area contributed by atoms with Gasteiger partial charge in [-0.05, 0) is 37.4 Å². The number of halogens is 4. The molecule has 0 saturated carbocycles. The van der Waals surface area contributed by atoms with Crippen LogP contribution in [-0.2, 0) is 6.18 Å². The van der Waals surface area contributed by atoms with Crippen molar-refractivity contribution in [3.63, 3.8) is 0 Å². The van der Waals surface area contributed by atoms with Crippen molar-refractivity contribution < 1.29 is 17.9 Å². The van der Waals surface area contributed by atoms with E-state index in [1.165, 1.54) is 6.07 Å². The van der Waals surface area contributed by atoms with E-state index in [0.717, 1.165) is 17.7 Å². The highest BCUT2D eigenvalue weighted by Crippen LogP contribution is 2.33. The molecule has 0 aliphatic heterocycles. The Morgan fingerprint density at radius 1 is 1.04 bits per heavy atom. The molecule has 0 aliphatic rings. The maximum Gasteiger partial charge on any atom is 0.416 e. The quantitative estimate of drug-likeness (QED) is 0.807. The predicted molar refractivity (Wildman–Crippen MR) is 87.0 cm³/mol. The van der Waals surface area contributed by atoms with Gasteiger partial charge < -0.3 is 10.1 Å². The largest absolute Gasteiger partial charge is 0.486 e. The Kier molecular flexibility index (Phi) is 7.39. The van der Waals surface area contributed by atoms with Crippen molar-refractivity contribution in [1.29, 1.82) is 0 Å². The Balaban J connectivity index is 0.00000264. The van der Waals surface area contributed by atoms with E-state index in [1.54, 1.807) is 6.07 Å². The van der Waals surface area contributed by atoms with Crippen molar-refractivity contribution in [2.24, 2.45) is 0 Å². The standard InChI is InChI=1S/C17H18F3NO.ClH/c1-21-11-10-16(13-6-3-2-4-7-13)22-15-9-5-8-14(12-15)17(18,19)20;/h2-9,12,16,21H,10-11H2,1H3;1H/t16-;/m0./s1. The molecule has 0 bridgehead atoms. The van der Waals surface area contributed by atoms with Gasteiger partial charge in [0.15, 0.2) is 0 Å². The maximum atomic E-state index is 12.8. The minimum atomic E-state index is -4.37. The summed E-state index contributed by atoms with van der Waals surface area (Å²) in [7, 11) is 1.83. The zero-order valence-electron chi connectivity index (χ0n) is 12.6. The number of hydrogen-bond acceptors (Lipinski definition) is 2. The molecule has 2 rings (SSSR count). The van der Waals surface area contributed by atoms with Crippen molar-refractivity contribution in [3.05, 3.63) is 65.7 Å². The summed E-state index contributed by atoms with van der Waals surface area (Å²) in [4.78, 5) is 0. The van der Waals surface area contributed by atoms with Crippen LogP contribution in [0.1, 0.15) is 23.7 Å². The van der Waals surface area contributed by atoms with E-state index >= 15 is 0 Å². The second kappa shape index (κ2) is 8.79. The summed E-state index contributed by atoms with van der Waals surface area (Å²) in [6.07, 6.45) is -4.00. The number of rotatable bonds is 6. The van der Waals surface area contributed by atoms with Crippen LogP contribution in [0.4, 0.5) is 13.2 Å². The molecule has 2 nitrogen and oxygen atoms in total. The second-order valence-electron chi connectivity index (χ2n) is 4.93. The van der Waals surface area contributed by atoms with E-state index in [1.807, 2.05) is 37.4 Å². The summed E-state index contributed by atoms with van der Waals surface area (Å²) in [6.45, 7) is 0.707. The van der Waals surface area contributed by atoms with Gasteiger partial charge in [-0.15, -0.1) is 12.4 Å². The summed E-state index contributed by atoms with van der Waals surface area (Å²) in [5.74, 6) is 0.222. The van der Waals surface area contributed by atoms with Gasteiger partial charge in [0.1, 0.15) is 11.9 Å². The van der Waals surface area contributed by atoms with Gasteiger partial charge in [-0.2, -0.15) is 13.2 Å². The molecule has 0 saturated heterocycles. The molecule has 0 spiro atoms. The Hall–Kier alpha value is -1.72. The van der Waals surface area contributed by atoms with Crippen LogP contribution in [-0.4, -0.2) is 13.6 Å². The van der Waals surface area contributed by atoms with Crippen molar-refractivity contribution in [2.45, 2.75) is 18.7 Å². The third-order valence-corrected chi connectivity index (χ3v) is 3.27. The lowest BCUT2D eigenvalue weighted by Crippen LogP contribution is -2.16. The number of ether oxygens (including phenoxy) is 1. The Morgan fingerprint density at radius 3 is 2.35 bits per heavy atom. The Labute approximate surface area is 140 Å². The first-order valence-corrected chi connectivity index (χ1v) is 7.04. The molecule has 0 unspecified atom stereocenters. The van der Waals surface area contributed by atoms with Crippen LogP contribution in [0.5, 0.6) is 5.75 Å². The van der Waals surface area contributed by atoms with Gasteiger partial charge in [0, 0.05) is 6.42 Å². The molecule has 1 N–H and O–H groups in total. The fraction of sp³-hybridized carbons (Fsp3) is 0.294. The van der Waals surface area contributed by atoms with E-state index in [4.69, 9.17) is 4.74 Å². The predicted octanol–water partition coefficient (Wildman–Crippen LogP) is 4.86. The number of hydrogen-bond donors (Lipinski definition) is 1. The third kappa shape index (κ3) is 5.77. The zero-order chi connectivity index (χ0) is 16.0. The molecule has 0 aromatic heterocycles. The lowest BCUT2D eigenvalue weighted by molar-refractivity contribution is -0.137. The van der Waals surface area contributed by atoms with Crippen molar-refractivity contribution in [3.8, 4) is 5.75 Å². The van der Waals surface area contributed by atoms with E-state index in [2.05, 4.69) is 5.32 Å². The molecule has 0 heterocycles. The zero-order valence-corrected chi connectivity index (χ0v) is 13.5. The molecule has 1 atom stereocenters. The molecule has 0 radical (unpaired) electrons. The highest BCUT2D eigenvalue weighted by molar-refractivity contribution is 5.85. The third-order valence-electron chi connectivity index (χ3n) is 3.27. The van der Waals surface area contributed by atoms with Crippen LogP contribution in [0.3, 0.4) is 0 Å². The van der Waals surface area contributed by atoms with Crippen molar-refractivity contribution >= 4 is 12.4 Å². The van der Waals surface area contributed by atoms with E-state index in [0.29, 0.717) is 13.0 Å². The lowest BCUT2D eigenvalue weighted by atomic mass is 10.1. The minimum Gasteiger partial charge on any atom is -0.486 e. The van der Waals surface area contributed by atoms with Crippen LogP contribution in [0.25, 0.3) is 0 Å². The average molecular weight is 346 g/mol. The van der Waals surface area contributed by atoms with Crippen LogP contribution >= 0.6 is 12.4 Å². The molecule has 0 aliphatic carbocycles. The smallest absolute Gasteiger partial charge is 0.416 e. The van der Waals surface area contributed by atoms with Gasteiger partial charge in [-0.1, -0.05) is 36.4 Å². The lowest BCUT2D eigenvalue weighted by Gasteiger charge is -2.20. The highest BCUT2D eigenvalue weighted by Gasteiger charge is 2.30. The Bertz CT molecular complexity index is 590. The molecular formula is C17H19ClF3NO. The van der Waals surface area contributed by atoms with Gasteiger partial charge in [0.25, 0.3) is 0 Å². The second-order valence-corrected chi connectivity index (χ2v) is 4.93. The van der Waals surface area contributed by atoms with Crippen molar-refractivity contribution in [1.82, 2.24) is 5.32 Å². The summed E-state index contributed by atoms with van der Waals surface area (Å²) in [5.41, 5.74) is 0.237. The molecule has 6 heteroatoms. The Morgan fingerprint density at radius 2 is 1.74 bits per heavy atom. The van der Waals surface area contributed by atoms with Crippen LogP contribution in [0, 0.1) is 0 Å². The first-order chi connectivity index (χ1) is 10.5. The molecular weight excluding hydrogens is 327 g/mol. The number of nitrogens with one attached hydrogen (secondary N) is 1. The van der Waals surface area contributed by atoms with Crippen LogP contribution < -0.4 is 10.1 Å². The average Bonchev–Trinajstić information content (AvgIpc) is 2.52. The fourth-order valence-electron chi connectivity index (χ4n) is 2.15. The molecule has 0 fully saturated rings. The summed E-state index contributed by atoms with van der Waals surface area (Å²) < 4.78 is 44.1. The van der Waals surface area contributed by atoms with E-state index in [9.17, 15) is 13.2 Å². The van der Waals surface area contributed by atoms with E-state index < -0.39 is 11.7 Å². The van der Waals surface area contributed by atoms with Crippen LogP contribution in [0.2, 0.25) is 0 Å². The summed E-state index contributed by atoms with van der Waals surface area (Å²) in [5, 5.41) is 3.03. The first-order valence-electron chi connectivity index (χ1n) is 7.04. The topological polar surface area (TPSA) is 21.3 Å². The number of alkyl halides is 3. The molecule has 23 heavy (non-hydrogen) atoms. The molecule has 0 amide bonds. The normalized spacial score (nSPS) is 12.3. The van der Waals surface area contributed by atoms with Crippen LogP contribution in [0.15, 0.2) is 54.6 Å². The van der Waals surface area contributed by atoms with E-state index in [-0.39, 0.29) is 24.3 Å². The van der Waals surface area contributed by atoms with Gasteiger partial charge in [0.2, 0.25) is 0 Å².